The third kappa shape index (κ3) is 2.20. The minimum atomic E-state index is -0.375. The molecule has 0 unspecified atom stereocenters. The lowest BCUT2D eigenvalue weighted by molar-refractivity contribution is 0.386. The van der Waals surface area contributed by atoms with Crippen molar-refractivity contribution >= 4 is 24.0 Å². The van der Waals surface area contributed by atoms with Crippen LogP contribution in [0.3, 0.4) is 0 Å². The highest BCUT2D eigenvalue weighted by Gasteiger charge is 2.07. The topological polar surface area (TPSA) is 22.1 Å². The van der Waals surface area contributed by atoms with Gasteiger partial charge in [0.05, 0.1) is 12.8 Å². The molecule has 0 aliphatic carbocycles. The Bertz CT molecular complexity index is 498. The van der Waals surface area contributed by atoms with Crippen molar-refractivity contribution < 1.29 is 9.13 Å². The summed E-state index contributed by atoms with van der Waals surface area (Å²) in [5, 5.41) is 2.82. The zero-order valence-corrected chi connectivity index (χ0v) is 10.3. The highest BCUT2D eigenvalue weighted by molar-refractivity contribution is 7.79. The summed E-state index contributed by atoms with van der Waals surface area (Å²) in [7, 11) is 1.44. The molecular formula is C11H10FNOS2. The number of hydrogen-bond acceptors (Lipinski definition) is 4. The fourth-order valence-corrected chi connectivity index (χ4v) is 2.30. The third-order valence-electron chi connectivity index (χ3n) is 2.13. The van der Waals surface area contributed by atoms with E-state index in [1.54, 1.807) is 12.1 Å². The average molecular weight is 255 g/mol. The Hall–Kier alpha value is -1.07. The van der Waals surface area contributed by atoms with Gasteiger partial charge in [-0.15, -0.1) is 11.3 Å². The van der Waals surface area contributed by atoms with Crippen molar-refractivity contribution in [2.24, 2.45) is 0 Å². The van der Waals surface area contributed by atoms with Crippen LogP contribution in [-0.4, -0.2) is 12.1 Å². The Labute approximate surface area is 103 Å². The van der Waals surface area contributed by atoms with Crippen molar-refractivity contribution in [1.29, 1.82) is 0 Å². The van der Waals surface area contributed by atoms with Crippen molar-refractivity contribution in [3.05, 3.63) is 34.4 Å². The van der Waals surface area contributed by atoms with Gasteiger partial charge in [-0.3, -0.25) is 0 Å². The predicted molar refractivity (Wildman–Crippen MR) is 66.8 cm³/mol. The zero-order valence-electron chi connectivity index (χ0n) is 8.61. The Balaban J connectivity index is 2.37. The number of rotatable bonds is 3. The van der Waals surface area contributed by atoms with Gasteiger partial charge in [-0.1, -0.05) is 0 Å². The molecule has 5 heteroatoms. The maximum absolute atomic E-state index is 13.5. The first kappa shape index (κ1) is 11.4. The van der Waals surface area contributed by atoms with Crippen molar-refractivity contribution in [1.82, 2.24) is 4.98 Å². The van der Waals surface area contributed by atoms with E-state index in [0.717, 1.165) is 16.3 Å². The Kier molecular flexibility index (Phi) is 3.46. The van der Waals surface area contributed by atoms with Crippen molar-refractivity contribution in [2.75, 3.05) is 7.11 Å². The monoisotopic (exact) mass is 255 g/mol. The normalized spacial score (nSPS) is 10.4. The van der Waals surface area contributed by atoms with Crippen LogP contribution in [0.1, 0.15) is 5.01 Å². The summed E-state index contributed by atoms with van der Waals surface area (Å²) in [5.41, 5.74) is 1.53. The van der Waals surface area contributed by atoms with Gasteiger partial charge in [0.15, 0.2) is 11.6 Å². The van der Waals surface area contributed by atoms with Gasteiger partial charge in [0, 0.05) is 16.7 Å². The number of hydrogen-bond donors (Lipinski definition) is 1. The minimum Gasteiger partial charge on any atom is -0.494 e. The molecule has 84 valence electrons. The van der Waals surface area contributed by atoms with Crippen LogP contribution >= 0.6 is 24.0 Å². The molecule has 1 heterocycles. The van der Waals surface area contributed by atoms with Crippen molar-refractivity contribution in [2.45, 2.75) is 5.75 Å². The second-order valence-electron chi connectivity index (χ2n) is 3.13. The second kappa shape index (κ2) is 4.84. The highest BCUT2D eigenvalue weighted by atomic mass is 32.1. The van der Waals surface area contributed by atoms with Gasteiger partial charge < -0.3 is 4.74 Å². The molecule has 0 N–H and O–H groups in total. The van der Waals surface area contributed by atoms with Gasteiger partial charge >= 0.3 is 0 Å². The molecule has 0 aliphatic rings. The Morgan fingerprint density at radius 3 is 2.88 bits per heavy atom. The zero-order chi connectivity index (χ0) is 11.5. The lowest BCUT2D eigenvalue weighted by atomic mass is 10.1. The Morgan fingerprint density at radius 2 is 2.31 bits per heavy atom. The number of methoxy groups -OCH3 is 1. The van der Waals surface area contributed by atoms with Crippen molar-refractivity contribution in [3.63, 3.8) is 0 Å². The molecule has 1 aromatic carbocycles. The number of aromatic nitrogens is 1. The summed E-state index contributed by atoms with van der Waals surface area (Å²) in [4.78, 5) is 4.33. The summed E-state index contributed by atoms with van der Waals surface area (Å²) in [6, 6.07) is 4.82. The van der Waals surface area contributed by atoms with Crippen LogP contribution in [0.2, 0.25) is 0 Å². The SMILES string of the molecule is COc1ccc(-c2csc(CS)n2)cc1F. The molecule has 0 saturated heterocycles. The fourth-order valence-electron chi connectivity index (χ4n) is 1.34. The van der Waals surface area contributed by atoms with Gasteiger partial charge in [-0.05, 0) is 18.2 Å². The number of thiol groups is 1. The summed E-state index contributed by atoms with van der Waals surface area (Å²) >= 11 is 5.66. The molecule has 0 fully saturated rings. The molecule has 0 spiro atoms. The average Bonchev–Trinajstić information content (AvgIpc) is 2.77. The van der Waals surface area contributed by atoms with Crippen LogP contribution in [-0.2, 0) is 5.75 Å². The number of halogens is 1. The van der Waals surface area contributed by atoms with Gasteiger partial charge in [-0.2, -0.15) is 12.6 Å². The first-order chi connectivity index (χ1) is 7.74. The third-order valence-corrected chi connectivity index (χ3v) is 3.50. The van der Waals surface area contributed by atoms with Crippen LogP contribution in [0.4, 0.5) is 4.39 Å². The number of ether oxygens (including phenoxy) is 1. The number of nitrogens with zero attached hydrogens (tertiary/aromatic N) is 1. The van der Waals surface area contributed by atoms with Gasteiger partial charge in [-0.25, -0.2) is 9.37 Å². The molecule has 0 bridgehead atoms. The smallest absolute Gasteiger partial charge is 0.165 e. The molecule has 0 radical (unpaired) electrons. The molecule has 2 nitrogen and oxygen atoms in total. The molecule has 1 aromatic heterocycles. The van der Waals surface area contributed by atoms with E-state index in [1.165, 1.54) is 24.5 Å². The van der Waals surface area contributed by atoms with E-state index in [2.05, 4.69) is 17.6 Å². The number of benzene rings is 1. The maximum Gasteiger partial charge on any atom is 0.165 e. The van der Waals surface area contributed by atoms with E-state index in [-0.39, 0.29) is 11.6 Å². The van der Waals surface area contributed by atoms with Crippen LogP contribution in [0.15, 0.2) is 23.6 Å². The molecule has 2 rings (SSSR count). The van der Waals surface area contributed by atoms with E-state index in [9.17, 15) is 4.39 Å². The summed E-state index contributed by atoms with van der Waals surface area (Å²) < 4.78 is 18.3. The van der Waals surface area contributed by atoms with Crippen LogP contribution in [0.5, 0.6) is 5.75 Å². The van der Waals surface area contributed by atoms with E-state index in [1.807, 2.05) is 5.38 Å². The fraction of sp³-hybridized carbons (Fsp3) is 0.182. The summed E-state index contributed by atoms with van der Waals surface area (Å²) in [6.07, 6.45) is 0. The van der Waals surface area contributed by atoms with Crippen LogP contribution < -0.4 is 4.74 Å². The minimum absolute atomic E-state index is 0.244. The van der Waals surface area contributed by atoms with E-state index in [0.29, 0.717) is 5.75 Å². The first-order valence-electron chi connectivity index (χ1n) is 4.63. The lowest BCUT2D eigenvalue weighted by Crippen LogP contribution is -1.88. The number of thiazole rings is 1. The Morgan fingerprint density at radius 1 is 1.50 bits per heavy atom. The molecule has 16 heavy (non-hydrogen) atoms. The molecule has 0 amide bonds. The molecule has 0 saturated carbocycles. The maximum atomic E-state index is 13.5. The standard InChI is InChI=1S/C11H10FNOS2/c1-14-10-3-2-7(4-8(10)12)9-6-16-11(5-15)13-9/h2-4,6,15H,5H2,1H3. The quantitative estimate of drug-likeness (QED) is 0.849. The summed E-state index contributed by atoms with van der Waals surface area (Å²) in [5.74, 6) is 0.470. The van der Waals surface area contributed by atoms with E-state index >= 15 is 0 Å². The first-order valence-corrected chi connectivity index (χ1v) is 6.15. The summed E-state index contributed by atoms with van der Waals surface area (Å²) in [6.45, 7) is 0. The molecule has 0 atom stereocenters. The second-order valence-corrected chi connectivity index (χ2v) is 4.39. The predicted octanol–water partition coefficient (Wildman–Crippen LogP) is 3.39. The largest absolute Gasteiger partial charge is 0.494 e. The van der Waals surface area contributed by atoms with Gasteiger partial charge in [0.2, 0.25) is 0 Å². The van der Waals surface area contributed by atoms with Gasteiger partial charge in [0.1, 0.15) is 5.01 Å². The van der Waals surface area contributed by atoms with Crippen LogP contribution in [0.25, 0.3) is 11.3 Å². The van der Waals surface area contributed by atoms with Gasteiger partial charge in [0.25, 0.3) is 0 Å². The van der Waals surface area contributed by atoms with E-state index < -0.39 is 0 Å². The van der Waals surface area contributed by atoms with Crippen LogP contribution in [0, 0.1) is 5.82 Å². The highest BCUT2D eigenvalue weighted by Crippen LogP contribution is 2.26. The van der Waals surface area contributed by atoms with Crippen molar-refractivity contribution in [3.8, 4) is 17.0 Å². The molecule has 2 aromatic rings. The molecule has 0 aliphatic heterocycles. The molecular weight excluding hydrogens is 245 g/mol. The lowest BCUT2D eigenvalue weighted by Gasteiger charge is -2.02. The van der Waals surface area contributed by atoms with E-state index in [4.69, 9.17) is 4.74 Å².